The van der Waals surface area contributed by atoms with Crippen LogP contribution >= 0.6 is 23.5 Å². The van der Waals surface area contributed by atoms with E-state index in [4.69, 9.17) is 25.8 Å². The zero-order valence-electron chi connectivity index (χ0n) is 16.5. The van der Waals surface area contributed by atoms with Crippen LogP contribution in [0.1, 0.15) is 11.8 Å². The van der Waals surface area contributed by atoms with E-state index in [1.165, 1.54) is 0 Å². The molecular formula is C11H14F2N7O12P3. The zero-order chi connectivity index (χ0) is 26.4. The molecule has 0 aliphatic carbocycles. The van der Waals surface area contributed by atoms with Crippen LogP contribution in [0.5, 0.6) is 0 Å². The minimum absolute atomic E-state index is 0.341. The van der Waals surface area contributed by atoms with Crippen LogP contribution in [0.4, 0.5) is 14.6 Å². The van der Waals surface area contributed by atoms with Gasteiger partial charge in [-0.3, -0.25) is 4.52 Å². The Kier molecular flexibility index (Phi) is 7.40. The van der Waals surface area contributed by atoms with Gasteiger partial charge in [0.05, 0.1) is 12.3 Å². The molecule has 0 bridgehead atoms. The van der Waals surface area contributed by atoms with Crippen molar-refractivity contribution in [2.45, 2.75) is 24.1 Å². The van der Waals surface area contributed by atoms with Crippen molar-refractivity contribution in [3.8, 4) is 0 Å². The van der Waals surface area contributed by atoms with Crippen molar-refractivity contribution >= 4 is 34.8 Å². The first kappa shape index (κ1) is 27.5. The number of aliphatic hydroxyl groups excluding tert-OH is 1. The molecule has 24 heteroatoms. The van der Waals surface area contributed by atoms with Crippen LogP contribution in [0.2, 0.25) is 0 Å². The average molecular weight is 567 g/mol. The number of alkyl halides is 1. The largest absolute Gasteiger partial charge is 0.490 e. The van der Waals surface area contributed by atoms with Crippen LogP contribution in [0.25, 0.3) is 16.0 Å². The number of aromatic nitrogens is 3. The molecule has 6 atom stereocenters. The standard InChI is InChI=1S/C11H14F2N7O12P3/c12-4-1-5(20-7(4)10(14)16-3-17-20)8-6(13)9(21)11(30-8,18-19-15)2-29-34(25,26)32-35(27,28)31-33(22,23)24/h1,3,6,8-9,21H,2H2,(H,25,26)(H,27,28)(H2,14,16,17)(H2,22,23,24)/t6-,8-,9-,11+/m0/s1. The first-order chi connectivity index (χ1) is 16.0. The molecule has 35 heavy (non-hydrogen) atoms. The lowest BCUT2D eigenvalue weighted by atomic mass is 10.0. The number of nitrogen functional groups attached to an aromatic ring is 1. The Hall–Kier alpha value is -2.08. The number of nitrogens with two attached hydrogens (primary N) is 1. The number of phosphoric acid groups is 3. The molecule has 1 aliphatic rings. The molecule has 2 aromatic heterocycles. The third-order valence-electron chi connectivity index (χ3n) is 4.30. The van der Waals surface area contributed by atoms with Gasteiger partial charge in [0, 0.05) is 11.0 Å². The molecule has 7 N–H and O–H groups in total. The van der Waals surface area contributed by atoms with E-state index < -0.39 is 65.7 Å². The number of nitrogens with zero attached hydrogens (tertiary/aromatic N) is 6. The van der Waals surface area contributed by atoms with E-state index >= 15 is 4.39 Å². The van der Waals surface area contributed by atoms with E-state index in [1.54, 1.807) is 0 Å². The number of ether oxygens (including phenoxy) is 1. The molecule has 3 heterocycles. The van der Waals surface area contributed by atoms with Crippen molar-refractivity contribution in [3.05, 3.63) is 34.3 Å². The van der Waals surface area contributed by atoms with Gasteiger partial charge in [0.25, 0.3) is 0 Å². The van der Waals surface area contributed by atoms with Crippen molar-refractivity contribution in [2.24, 2.45) is 5.11 Å². The summed E-state index contributed by atoms with van der Waals surface area (Å²) in [6, 6.07) is 0.721. The van der Waals surface area contributed by atoms with Gasteiger partial charge in [0.1, 0.15) is 24.1 Å². The predicted octanol–water partition coefficient (Wildman–Crippen LogP) is 0.571. The maximum Gasteiger partial charge on any atom is 0.490 e. The van der Waals surface area contributed by atoms with Crippen molar-refractivity contribution in [3.63, 3.8) is 0 Å². The molecule has 1 saturated heterocycles. The average Bonchev–Trinajstić information content (AvgIpc) is 3.15. The van der Waals surface area contributed by atoms with E-state index in [1.807, 2.05) is 0 Å². The third-order valence-corrected chi connectivity index (χ3v) is 8.09. The van der Waals surface area contributed by atoms with Crippen molar-refractivity contribution in [1.82, 2.24) is 14.6 Å². The third kappa shape index (κ3) is 5.84. The molecule has 2 aromatic rings. The number of rotatable bonds is 9. The van der Waals surface area contributed by atoms with Gasteiger partial charge in [-0.05, 0) is 5.53 Å². The number of halogens is 2. The number of aliphatic hydroxyl groups is 1. The molecule has 0 spiro atoms. The van der Waals surface area contributed by atoms with Crippen molar-refractivity contribution < 1.29 is 65.0 Å². The lowest BCUT2D eigenvalue weighted by molar-refractivity contribution is -0.106. The molecule has 0 amide bonds. The van der Waals surface area contributed by atoms with Crippen LogP contribution in [-0.4, -0.2) is 63.9 Å². The molecule has 19 nitrogen and oxygen atoms in total. The summed E-state index contributed by atoms with van der Waals surface area (Å²) in [6.45, 7) is -1.53. The first-order valence-electron chi connectivity index (χ1n) is 8.63. The Labute approximate surface area is 191 Å². The van der Waals surface area contributed by atoms with Gasteiger partial charge < -0.3 is 35.2 Å². The van der Waals surface area contributed by atoms with Crippen LogP contribution in [0.15, 0.2) is 17.5 Å². The fraction of sp³-hybridized carbons (Fsp3) is 0.455. The Morgan fingerprint density at radius 2 is 1.94 bits per heavy atom. The molecular weight excluding hydrogens is 553 g/mol. The maximum absolute atomic E-state index is 15.0. The Balaban J connectivity index is 1.89. The fourth-order valence-corrected chi connectivity index (χ4v) is 6.07. The highest BCUT2D eigenvalue weighted by Crippen LogP contribution is 2.66. The quantitative estimate of drug-likeness (QED) is 0.104. The van der Waals surface area contributed by atoms with Crippen LogP contribution < -0.4 is 5.73 Å². The molecule has 0 saturated carbocycles. The minimum Gasteiger partial charge on any atom is -0.387 e. The highest BCUT2D eigenvalue weighted by molar-refractivity contribution is 7.66. The van der Waals surface area contributed by atoms with Gasteiger partial charge in [-0.25, -0.2) is 32.0 Å². The Morgan fingerprint density at radius 1 is 1.29 bits per heavy atom. The van der Waals surface area contributed by atoms with Crippen molar-refractivity contribution in [1.29, 1.82) is 0 Å². The summed E-state index contributed by atoms with van der Waals surface area (Å²) in [6.07, 6.45) is -5.99. The Morgan fingerprint density at radius 3 is 2.54 bits per heavy atom. The maximum atomic E-state index is 15.0. The number of phosphoric ester groups is 1. The highest BCUT2D eigenvalue weighted by Gasteiger charge is 2.58. The lowest BCUT2D eigenvalue weighted by Gasteiger charge is -2.27. The van der Waals surface area contributed by atoms with Crippen LogP contribution in [-0.2, 0) is 31.6 Å². The molecule has 2 unspecified atom stereocenters. The molecule has 194 valence electrons. The summed E-state index contributed by atoms with van der Waals surface area (Å²) in [7, 11) is -17.4. The number of azide groups is 1. The van der Waals surface area contributed by atoms with Gasteiger partial charge in [-0.1, -0.05) is 5.11 Å². The van der Waals surface area contributed by atoms with Gasteiger partial charge in [0.2, 0.25) is 0 Å². The topological polar surface area (TPSA) is 294 Å². The lowest BCUT2D eigenvalue weighted by Crippen LogP contribution is -2.44. The molecule has 1 aliphatic heterocycles. The van der Waals surface area contributed by atoms with E-state index in [0.717, 1.165) is 16.9 Å². The van der Waals surface area contributed by atoms with E-state index in [-0.39, 0.29) is 11.3 Å². The van der Waals surface area contributed by atoms with Gasteiger partial charge in [0.15, 0.2) is 23.5 Å². The van der Waals surface area contributed by atoms with Crippen LogP contribution in [0.3, 0.4) is 0 Å². The zero-order valence-corrected chi connectivity index (χ0v) is 19.2. The van der Waals surface area contributed by atoms with Gasteiger partial charge >= 0.3 is 23.5 Å². The summed E-state index contributed by atoms with van der Waals surface area (Å²) >= 11 is 0. The smallest absolute Gasteiger partial charge is 0.387 e. The van der Waals surface area contributed by atoms with E-state index in [0.29, 0.717) is 0 Å². The normalized spacial score (nSPS) is 28.4. The summed E-state index contributed by atoms with van der Waals surface area (Å²) in [4.78, 5) is 41.7. The second-order valence-corrected chi connectivity index (χ2v) is 11.1. The Bertz CT molecular complexity index is 1330. The van der Waals surface area contributed by atoms with E-state index in [9.17, 15) is 33.0 Å². The van der Waals surface area contributed by atoms with Crippen LogP contribution in [0, 0.1) is 5.82 Å². The summed E-state index contributed by atoms with van der Waals surface area (Å²) < 4.78 is 80.8. The number of anilines is 1. The highest BCUT2D eigenvalue weighted by atomic mass is 31.3. The molecule has 1 fully saturated rings. The fourth-order valence-electron chi connectivity index (χ4n) is 3.02. The van der Waals surface area contributed by atoms with Gasteiger partial charge in [-0.15, -0.1) is 0 Å². The monoisotopic (exact) mass is 567 g/mol. The molecule has 0 aromatic carbocycles. The number of fused-ring (bicyclic) bond motifs is 1. The second-order valence-electron chi connectivity index (χ2n) is 6.65. The van der Waals surface area contributed by atoms with Gasteiger partial charge in [-0.2, -0.15) is 13.7 Å². The summed E-state index contributed by atoms with van der Waals surface area (Å²) in [5, 5.41) is 17.1. The summed E-state index contributed by atoms with van der Waals surface area (Å²) in [5.74, 6) is -1.36. The minimum atomic E-state index is -5.90. The molecule has 3 rings (SSSR count). The van der Waals surface area contributed by atoms with E-state index in [2.05, 4.69) is 33.3 Å². The first-order valence-corrected chi connectivity index (χ1v) is 13.2. The van der Waals surface area contributed by atoms with Crippen molar-refractivity contribution in [2.75, 3.05) is 12.3 Å². The molecule has 0 radical (unpaired) electrons. The SMILES string of the molecule is [N-]=[N+]=N[C@]1(COP(=O)(O)OP(=O)(O)OP(=O)(O)O)O[C@@H](c2cc(F)c3c(N)ncnn23)[C@H](F)[C@@H]1O. The number of hydrogen-bond acceptors (Lipinski definition) is 12. The predicted molar refractivity (Wildman–Crippen MR) is 104 cm³/mol. The number of hydrogen-bond donors (Lipinski definition) is 6. The summed E-state index contributed by atoms with van der Waals surface area (Å²) in [5.41, 5.74) is 10.8. The second kappa shape index (κ2) is 9.42.